The van der Waals surface area contributed by atoms with Crippen LogP contribution in [0.3, 0.4) is 0 Å². The van der Waals surface area contributed by atoms with Crippen LogP contribution in [0.2, 0.25) is 0 Å². The van der Waals surface area contributed by atoms with Crippen molar-refractivity contribution in [1.29, 1.82) is 0 Å². The number of hydrogen-bond donors (Lipinski definition) is 1. The van der Waals surface area contributed by atoms with Gasteiger partial charge in [0, 0.05) is 26.7 Å². The van der Waals surface area contributed by atoms with Crippen LogP contribution in [0.4, 0.5) is 0 Å². The maximum atomic E-state index is 5.42. The lowest BCUT2D eigenvalue weighted by Crippen LogP contribution is -2.39. The number of guanidine groups is 1. The molecule has 0 aliphatic rings. The van der Waals surface area contributed by atoms with E-state index in [0.29, 0.717) is 6.54 Å². The molecule has 0 aromatic heterocycles. The smallest absolute Gasteiger partial charge is 0.193 e. The van der Waals surface area contributed by atoms with Crippen molar-refractivity contribution >= 4 is 29.9 Å². The average molecular weight is 461 g/mol. The van der Waals surface area contributed by atoms with Crippen molar-refractivity contribution < 1.29 is 9.47 Å². The molecule has 0 unspecified atom stereocenters. The average Bonchev–Trinajstić information content (AvgIpc) is 2.60. The monoisotopic (exact) mass is 461 g/mol. The zero-order valence-corrected chi connectivity index (χ0v) is 18.2. The molecule has 0 radical (unpaired) electrons. The first-order valence-electron chi connectivity index (χ1n) is 8.47. The Morgan fingerprint density at radius 2 is 2.08 bits per heavy atom. The molecule has 0 atom stereocenters. The Labute approximate surface area is 169 Å². The van der Waals surface area contributed by atoms with Crippen LogP contribution in [-0.2, 0) is 6.42 Å². The summed E-state index contributed by atoms with van der Waals surface area (Å²) in [4.78, 5) is 6.89. The predicted octanol–water partition coefficient (Wildman–Crippen LogP) is 3.73. The Kier molecular flexibility index (Phi) is 13.0. The summed E-state index contributed by atoms with van der Waals surface area (Å²) in [5.74, 6) is 2.64. The van der Waals surface area contributed by atoms with Crippen molar-refractivity contribution in [3.63, 3.8) is 0 Å². The van der Waals surface area contributed by atoms with Crippen LogP contribution in [-0.4, -0.2) is 51.8 Å². The molecule has 0 heterocycles. The Balaban J connectivity index is 0.00000576. The number of rotatable bonds is 10. The largest absolute Gasteiger partial charge is 0.497 e. The van der Waals surface area contributed by atoms with Crippen molar-refractivity contribution in [2.45, 2.75) is 26.2 Å². The van der Waals surface area contributed by atoms with Crippen LogP contribution in [0.25, 0.3) is 0 Å². The molecule has 0 saturated heterocycles. The molecule has 6 heteroatoms. The summed E-state index contributed by atoms with van der Waals surface area (Å²) in [6.45, 7) is 8.35. The van der Waals surface area contributed by atoms with Gasteiger partial charge in [0.15, 0.2) is 5.96 Å². The normalized spacial score (nSPS) is 10.6. The van der Waals surface area contributed by atoms with Gasteiger partial charge in [0.25, 0.3) is 0 Å². The minimum absolute atomic E-state index is 0. The van der Waals surface area contributed by atoms with Gasteiger partial charge in [-0.1, -0.05) is 6.08 Å². The lowest BCUT2D eigenvalue weighted by Gasteiger charge is -2.21. The SMILES string of the molecule is C=CCCCN(C)C(=NCCc1cc(OC)ccc1OC)NCC.I. The van der Waals surface area contributed by atoms with Gasteiger partial charge >= 0.3 is 0 Å². The van der Waals surface area contributed by atoms with Crippen LogP contribution in [0, 0.1) is 0 Å². The third kappa shape index (κ3) is 8.47. The minimum atomic E-state index is 0. The van der Waals surface area contributed by atoms with Gasteiger partial charge < -0.3 is 19.7 Å². The second-order valence-corrected chi connectivity index (χ2v) is 5.52. The van der Waals surface area contributed by atoms with E-state index in [-0.39, 0.29) is 24.0 Å². The minimum Gasteiger partial charge on any atom is -0.497 e. The van der Waals surface area contributed by atoms with E-state index in [4.69, 9.17) is 14.5 Å². The molecule has 25 heavy (non-hydrogen) atoms. The number of methoxy groups -OCH3 is 2. The Hall–Kier alpha value is -1.44. The third-order valence-electron chi connectivity index (χ3n) is 3.73. The predicted molar refractivity (Wildman–Crippen MR) is 117 cm³/mol. The number of allylic oxidation sites excluding steroid dienone is 1. The van der Waals surface area contributed by atoms with Crippen molar-refractivity contribution in [1.82, 2.24) is 10.2 Å². The number of hydrogen-bond acceptors (Lipinski definition) is 3. The fraction of sp³-hybridized carbons (Fsp3) is 0.526. The molecule has 0 aliphatic heterocycles. The molecule has 1 N–H and O–H groups in total. The van der Waals surface area contributed by atoms with E-state index < -0.39 is 0 Å². The van der Waals surface area contributed by atoms with Crippen LogP contribution in [0.15, 0.2) is 35.8 Å². The number of nitrogens with one attached hydrogen (secondary N) is 1. The van der Waals surface area contributed by atoms with Gasteiger partial charge in [0.05, 0.1) is 14.2 Å². The maximum Gasteiger partial charge on any atom is 0.193 e. The Morgan fingerprint density at radius 3 is 2.68 bits per heavy atom. The summed E-state index contributed by atoms with van der Waals surface area (Å²) in [6, 6.07) is 5.85. The van der Waals surface area contributed by atoms with Gasteiger partial charge in [-0.2, -0.15) is 0 Å². The van der Waals surface area contributed by atoms with Crippen molar-refractivity contribution in [2.24, 2.45) is 4.99 Å². The highest BCUT2D eigenvalue weighted by Crippen LogP contribution is 2.24. The standard InChI is InChI=1S/C19H31N3O2.HI/c1-6-8-9-14-22(3)19(20-7-2)21-13-12-16-15-17(23-4)10-11-18(16)24-5;/h6,10-11,15H,1,7-9,12-14H2,2-5H3,(H,20,21);1H. The van der Waals surface area contributed by atoms with Gasteiger partial charge in [-0.25, -0.2) is 0 Å². The zero-order valence-electron chi connectivity index (χ0n) is 15.9. The van der Waals surface area contributed by atoms with E-state index in [0.717, 1.165) is 55.4 Å². The lowest BCUT2D eigenvalue weighted by atomic mass is 10.1. The quantitative estimate of drug-likeness (QED) is 0.190. The highest BCUT2D eigenvalue weighted by atomic mass is 127. The van der Waals surface area contributed by atoms with E-state index >= 15 is 0 Å². The molecule has 142 valence electrons. The molecule has 0 fully saturated rings. The molecule has 1 rings (SSSR count). The fourth-order valence-electron chi connectivity index (χ4n) is 2.41. The molecule has 0 amide bonds. The molecular formula is C19H32IN3O2. The molecule has 0 spiro atoms. The van der Waals surface area contributed by atoms with Crippen LogP contribution in [0.1, 0.15) is 25.3 Å². The lowest BCUT2D eigenvalue weighted by molar-refractivity contribution is 0.398. The zero-order chi connectivity index (χ0) is 17.8. The second kappa shape index (κ2) is 13.8. The highest BCUT2D eigenvalue weighted by molar-refractivity contribution is 14.0. The number of nitrogens with zero attached hydrogens (tertiary/aromatic N) is 2. The third-order valence-corrected chi connectivity index (χ3v) is 3.73. The highest BCUT2D eigenvalue weighted by Gasteiger charge is 2.07. The summed E-state index contributed by atoms with van der Waals surface area (Å²) >= 11 is 0. The van der Waals surface area contributed by atoms with Crippen molar-refractivity contribution in [2.75, 3.05) is 40.9 Å². The number of unbranched alkanes of at least 4 members (excludes halogenated alkanes) is 1. The first-order valence-corrected chi connectivity index (χ1v) is 8.47. The molecule has 1 aromatic rings. The maximum absolute atomic E-state index is 5.42. The molecule has 0 aliphatic carbocycles. The summed E-state index contributed by atoms with van der Waals surface area (Å²) < 4.78 is 10.7. The van der Waals surface area contributed by atoms with Crippen LogP contribution in [0.5, 0.6) is 11.5 Å². The summed E-state index contributed by atoms with van der Waals surface area (Å²) in [5, 5.41) is 3.34. The van der Waals surface area contributed by atoms with Gasteiger partial charge in [-0.3, -0.25) is 4.99 Å². The topological polar surface area (TPSA) is 46.1 Å². The summed E-state index contributed by atoms with van der Waals surface area (Å²) in [5.41, 5.74) is 1.10. The van der Waals surface area contributed by atoms with Crippen LogP contribution >= 0.6 is 24.0 Å². The number of ether oxygens (including phenoxy) is 2. The van der Waals surface area contributed by atoms with E-state index in [1.807, 2.05) is 24.3 Å². The first kappa shape index (κ1) is 23.6. The fourth-order valence-corrected chi connectivity index (χ4v) is 2.41. The van der Waals surface area contributed by atoms with Gasteiger partial charge in [0.2, 0.25) is 0 Å². The van der Waals surface area contributed by atoms with E-state index in [1.54, 1.807) is 14.2 Å². The van der Waals surface area contributed by atoms with Crippen LogP contribution < -0.4 is 14.8 Å². The number of halogens is 1. The second-order valence-electron chi connectivity index (χ2n) is 5.52. The molecule has 5 nitrogen and oxygen atoms in total. The number of aliphatic imine (C=N–C) groups is 1. The number of benzene rings is 1. The first-order chi connectivity index (χ1) is 11.7. The van der Waals surface area contributed by atoms with Gasteiger partial charge in [0.1, 0.15) is 11.5 Å². The van der Waals surface area contributed by atoms with Gasteiger partial charge in [-0.05, 0) is 49.9 Å². The summed E-state index contributed by atoms with van der Waals surface area (Å²) in [7, 11) is 5.42. The van der Waals surface area contributed by atoms with Gasteiger partial charge in [-0.15, -0.1) is 30.6 Å². The molecular weight excluding hydrogens is 429 g/mol. The van der Waals surface area contributed by atoms with Crippen molar-refractivity contribution in [3.8, 4) is 11.5 Å². The van der Waals surface area contributed by atoms with E-state index in [9.17, 15) is 0 Å². The molecule has 0 bridgehead atoms. The summed E-state index contributed by atoms with van der Waals surface area (Å²) in [6.07, 6.45) is 4.85. The Bertz CT molecular complexity index is 535. The molecule has 0 saturated carbocycles. The van der Waals surface area contributed by atoms with E-state index in [1.165, 1.54) is 0 Å². The van der Waals surface area contributed by atoms with Crippen molar-refractivity contribution in [3.05, 3.63) is 36.4 Å². The molecule has 1 aromatic carbocycles. The Morgan fingerprint density at radius 1 is 1.32 bits per heavy atom. The van der Waals surface area contributed by atoms with E-state index in [2.05, 4.69) is 30.8 Å².